The van der Waals surface area contributed by atoms with Crippen molar-refractivity contribution in [3.05, 3.63) is 125 Å². The Balaban J connectivity index is 1.52. The molecule has 0 N–H and O–H groups in total. The molecule has 0 amide bonds. The summed E-state index contributed by atoms with van der Waals surface area (Å²) in [6.45, 7) is 0.398. The van der Waals surface area contributed by atoms with Gasteiger partial charge in [-0.05, 0) is 59.7 Å². The number of benzene rings is 2. The zero-order valence-electron chi connectivity index (χ0n) is 17.5. The first-order valence-electron chi connectivity index (χ1n) is 10.4. The predicted octanol–water partition coefficient (Wildman–Crippen LogP) is 5.53. The quantitative estimate of drug-likeness (QED) is 0.396. The number of ketones is 1. The molecule has 4 nitrogen and oxygen atoms in total. The molecule has 4 aromatic rings. The van der Waals surface area contributed by atoms with Gasteiger partial charge in [0.1, 0.15) is 17.4 Å². The molecule has 2 aromatic carbocycles. The van der Waals surface area contributed by atoms with E-state index >= 15 is 0 Å². The molecule has 1 aliphatic carbocycles. The lowest BCUT2D eigenvalue weighted by Crippen LogP contribution is -2.04. The van der Waals surface area contributed by atoms with E-state index in [1.165, 1.54) is 12.1 Å². The average Bonchev–Trinajstić information content (AvgIpc) is 3.12. The van der Waals surface area contributed by atoms with E-state index in [1.54, 1.807) is 48.9 Å². The standard InChI is InChI=1S/C27H18F2N2O2/c28-19-12-18(13-20(29)14-19)25-23-7-6-22(33-11-8-21-5-1-2-10-31-21)15-24(23)27(32)26(25)17-4-3-9-30-16-17/h1-7,9-10,12-16H,8,11H2. The van der Waals surface area contributed by atoms with Gasteiger partial charge < -0.3 is 4.74 Å². The molecule has 33 heavy (non-hydrogen) atoms. The van der Waals surface area contributed by atoms with Gasteiger partial charge in [-0.3, -0.25) is 14.8 Å². The Hall–Kier alpha value is -4.19. The zero-order chi connectivity index (χ0) is 22.8. The summed E-state index contributed by atoms with van der Waals surface area (Å²) in [5, 5.41) is 0. The number of rotatable bonds is 6. The molecule has 0 saturated heterocycles. The highest BCUT2D eigenvalue weighted by Gasteiger charge is 2.32. The van der Waals surface area contributed by atoms with Crippen LogP contribution >= 0.6 is 0 Å². The molecule has 1 aliphatic rings. The van der Waals surface area contributed by atoms with E-state index in [0.29, 0.717) is 52.2 Å². The number of hydrogen-bond acceptors (Lipinski definition) is 4. The molecule has 2 heterocycles. The summed E-state index contributed by atoms with van der Waals surface area (Å²) in [5.41, 5.74) is 3.63. The van der Waals surface area contributed by atoms with Crippen LogP contribution in [0.2, 0.25) is 0 Å². The Bertz CT molecular complexity index is 1350. The Morgan fingerprint density at radius 3 is 2.36 bits per heavy atom. The van der Waals surface area contributed by atoms with E-state index in [4.69, 9.17) is 4.74 Å². The summed E-state index contributed by atoms with van der Waals surface area (Å²) in [5.74, 6) is -1.13. The van der Waals surface area contributed by atoms with Crippen LogP contribution in [0.3, 0.4) is 0 Å². The van der Waals surface area contributed by atoms with Gasteiger partial charge in [-0.1, -0.05) is 12.1 Å². The van der Waals surface area contributed by atoms with Gasteiger partial charge in [0.2, 0.25) is 0 Å². The minimum absolute atomic E-state index is 0.243. The van der Waals surface area contributed by atoms with Crippen LogP contribution in [-0.4, -0.2) is 22.4 Å². The lowest BCUT2D eigenvalue weighted by molar-refractivity contribution is 0.105. The van der Waals surface area contributed by atoms with E-state index in [0.717, 1.165) is 11.8 Å². The molecule has 0 unspecified atom stereocenters. The van der Waals surface area contributed by atoms with Crippen molar-refractivity contribution in [2.24, 2.45) is 0 Å². The van der Waals surface area contributed by atoms with Crippen molar-refractivity contribution in [1.82, 2.24) is 9.97 Å². The molecule has 0 atom stereocenters. The van der Waals surface area contributed by atoms with Crippen molar-refractivity contribution in [1.29, 1.82) is 0 Å². The third-order valence-electron chi connectivity index (χ3n) is 5.44. The van der Waals surface area contributed by atoms with Crippen molar-refractivity contribution in [3.63, 3.8) is 0 Å². The number of fused-ring (bicyclic) bond motifs is 1. The monoisotopic (exact) mass is 440 g/mol. The van der Waals surface area contributed by atoms with Crippen LogP contribution in [0.4, 0.5) is 8.78 Å². The molecule has 0 fully saturated rings. The molecule has 5 rings (SSSR count). The number of nitrogens with zero attached hydrogens (tertiary/aromatic N) is 2. The van der Waals surface area contributed by atoms with E-state index in [1.807, 2.05) is 18.2 Å². The van der Waals surface area contributed by atoms with E-state index in [2.05, 4.69) is 9.97 Å². The van der Waals surface area contributed by atoms with Gasteiger partial charge in [0.05, 0.1) is 6.61 Å². The van der Waals surface area contributed by atoms with E-state index in [9.17, 15) is 13.6 Å². The summed E-state index contributed by atoms with van der Waals surface area (Å²) in [7, 11) is 0. The molecule has 6 heteroatoms. The van der Waals surface area contributed by atoms with Crippen molar-refractivity contribution in [2.75, 3.05) is 6.61 Å². The average molecular weight is 440 g/mol. The largest absolute Gasteiger partial charge is 0.493 e. The smallest absolute Gasteiger partial charge is 0.195 e. The van der Waals surface area contributed by atoms with Crippen LogP contribution in [0.15, 0.2) is 85.3 Å². The minimum atomic E-state index is -0.710. The van der Waals surface area contributed by atoms with Gasteiger partial charge in [0.15, 0.2) is 5.78 Å². The minimum Gasteiger partial charge on any atom is -0.493 e. The number of carbonyl (C=O) groups is 1. The van der Waals surface area contributed by atoms with Gasteiger partial charge in [-0.2, -0.15) is 0 Å². The zero-order valence-corrected chi connectivity index (χ0v) is 17.5. The highest BCUT2D eigenvalue weighted by Crippen LogP contribution is 2.43. The molecule has 2 aromatic heterocycles. The van der Waals surface area contributed by atoms with Crippen LogP contribution in [0, 0.1) is 11.6 Å². The maximum atomic E-state index is 14.0. The number of allylic oxidation sites excluding steroid dienone is 1. The summed E-state index contributed by atoms with van der Waals surface area (Å²) >= 11 is 0. The maximum absolute atomic E-state index is 14.0. The van der Waals surface area contributed by atoms with Gasteiger partial charge in [-0.25, -0.2) is 8.78 Å². The lowest BCUT2D eigenvalue weighted by Gasteiger charge is -2.10. The number of ether oxygens (including phenoxy) is 1. The lowest BCUT2D eigenvalue weighted by atomic mass is 9.95. The molecular formula is C27H18F2N2O2. The Morgan fingerprint density at radius 2 is 1.64 bits per heavy atom. The van der Waals surface area contributed by atoms with Crippen LogP contribution in [-0.2, 0) is 6.42 Å². The summed E-state index contributed by atoms with van der Waals surface area (Å²) < 4.78 is 33.9. The Labute approximate surface area is 189 Å². The number of hydrogen-bond donors (Lipinski definition) is 0. The summed E-state index contributed by atoms with van der Waals surface area (Å²) in [4.78, 5) is 21.8. The number of pyridine rings is 2. The molecule has 0 spiro atoms. The number of aromatic nitrogens is 2. The van der Waals surface area contributed by atoms with E-state index < -0.39 is 11.6 Å². The van der Waals surface area contributed by atoms with Crippen LogP contribution < -0.4 is 4.74 Å². The van der Waals surface area contributed by atoms with Crippen molar-refractivity contribution < 1.29 is 18.3 Å². The van der Waals surface area contributed by atoms with Gasteiger partial charge >= 0.3 is 0 Å². The van der Waals surface area contributed by atoms with Crippen molar-refractivity contribution in [3.8, 4) is 5.75 Å². The first kappa shape index (κ1) is 20.7. The first-order valence-corrected chi connectivity index (χ1v) is 10.4. The molecule has 0 aliphatic heterocycles. The highest BCUT2D eigenvalue weighted by atomic mass is 19.1. The molecular weight excluding hydrogens is 422 g/mol. The topological polar surface area (TPSA) is 52.1 Å². The third-order valence-corrected chi connectivity index (χ3v) is 5.44. The van der Waals surface area contributed by atoms with Gasteiger partial charge in [-0.15, -0.1) is 0 Å². The Kier molecular flexibility index (Phi) is 5.48. The number of halogens is 2. The number of Topliss-reactive ketones (excluding diaryl/α,β-unsaturated/α-hetero) is 1. The molecule has 162 valence electrons. The fraction of sp³-hybridized carbons (Fsp3) is 0.0741. The fourth-order valence-corrected chi connectivity index (χ4v) is 4.01. The maximum Gasteiger partial charge on any atom is 0.195 e. The van der Waals surface area contributed by atoms with Crippen LogP contribution in [0.5, 0.6) is 5.75 Å². The van der Waals surface area contributed by atoms with Crippen LogP contribution in [0.25, 0.3) is 11.1 Å². The highest BCUT2D eigenvalue weighted by molar-refractivity contribution is 6.41. The first-order chi connectivity index (χ1) is 16.1. The second kappa shape index (κ2) is 8.74. The van der Waals surface area contributed by atoms with Crippen molar-refractivity contribution in [2.45, 2.75) is 6.42 Å². The second-order valence-electron chi connectivity index (χ2n) is 7.61. The van der Waals surface area contributed by atoms with Gasteiger partial charge in [0.25, 0.3) is 0 Å². The fourth-order valence-electron chi connectivity index (χ4n) is 4.01. The second-order valence-corrected chi connectivity index (χ2v) is 7.61. The predicted molar refractivity (Wildman–Crippen MR) is 121 cm³/mol. The molecule has 0 radical (unpaired) electrons. The summed E-state index contributed by atoms with van der Waals surface area (Å²) in [6.07, 6.45) is 5.52. The normalized spacial score (nSPS) is 12.7. The van der Waals surface area contributed by atoms with Crippen molar-refractivity contribution >= 4 is 16.9 Å². The molecule has 0 bridgehead atoms. The third kappa shape index (κ3) is 4.15. The Morgan fingerprint density at radius 1 is 0.788 bits per heavy atom. The van der Waals surface area contributed by atoms with E-state index in [-0.39, 0.29) is 5.78 Å². The van der Waals surface area contributed by atoms with Gasteiger partial charge in [0, 0.05) is 59.0 Å². The number of carbonyl (C=O) groups excluding carboxylic acids is 1. The SMILES string of the molecule is O=C1C(c2cccnc2)=C(c2cc(F)cc(F)c2)c2ccc(OCCc3ccccn3)cc21. The van der Waals surface area contributed by atoms with Crippen LogP contribution in [0.1, 0.15) is 32.7 Å². The summed E-state index contributed by atoms with van der Waals surface area (Å²) in [6, 6.07) is 17.6. The molecule has 0 saturated carbocycles.